The van der Waals surface area contributed by atoms with Gasteiger partial charge in [0, 0.05) is 24.2 Å². The summed E-state index contributed by atoms with van der Waals surface area (Å²) in [5.41, 5.74) is 6.68. The van der Waals surface area contributed by atoms with Crippen molar-refractivity contribution in [3.8, 4) is 5.75 Å². The van der Waals surface area contributed by atoms with Crippen LogP contribution in [0.5, 0.6) is 5.75 Å². The van der Waals surface area contributed by atoms with Crippen LogP contribution in [0.15, 0.2) is 24.3 Å². The first kappa shape index (κ1) is 16.8. The van der Waals surface area contributed by atoms with Crippen molar-refractivity contribution in [2.24, 2.45) is 5.73 Å². The van der Waals surface area contributed by atoms with E-state index in [0.717, 1.165) is 25.8 Å². The Labute approximate surface area is 126 Å². The van der Waals surface area contributed by atoms with Gasteiger partial charge in [0.1, 0.15) is 5.75 Å². The van der Waals surface area contributed by atoms with E-state index in [0.29, 0.717) is 11.3 Å². The zero-order valence-corrected chi connectivity index (χ0v) is 12.9. The lowest BCUT2D eigenvalue weighted by Crippen LogP contribution is -2.51. The molecule has 1 amide bonds. The first-order valence-electron chi connectivity index (χ1n) is 6.84. The largest absolute Gasteiger partial charge is 0.497 e. The van der Waals surface area contributed by atoms with Crippen LogP contribution in [0, 0.1) is 0 Å². The van der Waals surface area contributed by atoms with Crippen LogP contribution in [0.4, 0.5) is 0 Å². The number of methoxy groups -OCH3 is 1. The molecular formula is C15H23ClN2O2. The molecule has 1 fully saturated rings. The topological polar surface area (TPSA) is 55.6 Å². The summed E-state index contributed by atoms with van der Waals surface area (Å²) < 4.78 is 5.17. The van der Waals surface area contributed by atoms with E-state index in [-0.39, 0.29) is 30.4 Å². The van der Waals surface area contributed by atoms with Crippen molar-refractivity contribution in [1.29, 1.82) is 0 Å². The molecule has 1 aliphatic heterocycles. The summed E-state index contributed by atoms with van der Waals surface area (Å²) in [6.07, 6.45) is 3.19. The summed E-state index contributed by atoms with van der Waals surface area (Å²) in [6, 6.07) is 7.46. The Bertz CT molecular complexity index is 451. The van der Waals surface area contributed by atoms with Gasteiger partial charge in [-0.1, -0.05) is 6.07 Å². The van der Waals surface area contributed by atoms with Crippen LogP contribution in [0.1, 0.15) is 36.5 Å². The molecule has 20 heavy (non-hydrogen) atoms. The van der Waals surface area contributed by atoms with E-state index in [1.807, 2.05) is 30.0 Å². The Kier molecular flexibility index (Phi) is 6.30. The van der Waals surface area contributed by atoms with E-state index >= 15 is 0 Å². The van der Waals surface area contributed by atoms with Crippen LogP contribution >= 0.6 is 12.4 Å². The van der Waals surface area contributed by atoms with Crippen LogP contribution in [-0.2, 0) is 0 Å². The minimum Gasteiger partial charge on any atom is -0.497 e. The van der Waals surface area contributed by atoms with Gasteiger partial charge in [-0.25, -0.2) is 0 Å². The minimum atomic E-state index is 0. The molecule has 1 aromatic carbocycles. The zero-order valence-electron chi connectivity index (χ0n) is 12.0. The van der Waals surface area contributed by atoms with Crippen molar-refractivity contribution in [2.45, 2.75) is 38.3 Å². The van der Waals surface area contributed by atoms with Gasteiger partial charge in [0.05, 0.1) is 7.11 Å². The van der Waals surface area contributed by atoms with Crippen LogP contribution in [0.3, 0.4) is 0 Å². The van der Waals surface area contributed by atoms with Gasteiger partial charge in [0.2, 0.25) is 0 Å². The number of carbonyl (C=O) groups excluding carboxylic acids is 1. The second-order valence-electron chi connectivity index (χ2n) is 5.15. The Hall–Kier alpha value is -1.26. The summed E-state index contributed by atoms with van der Waals surface area (Å²) in [6.45, 7) is 2.77. The first-order valence-corrected chi connectivity index (χ1v) is 6.84. The Morgan fingerprint density at radius 2 is 2.20 bits per heavy atom. The highest BCUT2D eigenvalue weighted by Crippen LogP contribution is 2.22. The minimum absolute atomic E-state index is 0. The van der Waals surface area contributed by atoms with Crippen molar-refractivity contribution in [1.82, 2.24) is 4.90 Å². The van der Waals surface area contributed by atoms with Crippen LogP contribution < -0.4 is 10.5 Å². The smallest absolute Gasteiger partial charge is 0.254 e. The molecule has 2 unspecified atom stereocenters. The average Bonchev–Trinajstić information content (AvgIpc) is 2.46. The standard InChI is InChI=1S/C15H22N2O2.ClH/c1-11(16)14-8-3-4-9-17(14)15(18)12-6-5-7-13(10-12)19-2;/h5-7,10-11,14H,3-4,8-9,16H2,1-2H3;1H. The molecule has 0 bridgehead atoms. The zero-order chi connectivity index (χ0) is 13.8. The Morgan fingerprint density at radius 3 is 2.85 bits per heavy atom. The van der Waals surface area contributed by atoms with Gasteiger partial charge in [-0.2, -0.15) is 0 Å². The number of rotatable bonds is 3. The summed E-state index contributed by atoms with van der Waals surface area (Å²) in [7, 11) is 1.61. The lowest BCUT2D eigenvalue weighted by molar-refractivity contribution is 0.0583. The highest BCUT2D eigenvalue weighted by molar-refractivity contribution is 5.95. The molecule has 2 rings (SSSR count). The van der Waals surface area contributed by atoms with Crippen molar-refractivity contribution in [3.05, 3.63) is 29.8 Å². The van der Waals surface area contributed by atoms with Gasteiger partial charge in [-0.05, 0) is 44.4 Å². The maximum Gasteiger partial charge on any atom is 0.254 e. The number of hydrogen-bond acceptors (Lipinski definition) is 3. The predicted octanol–water partition coefficient (Wildman–Crippen LogP) is 2.46. The molecule has 0 aliphatic carbocycles. The first-order chi connectivity index (χ1) is 9.13. The third kappa shape index (κ3) is 3.64. The second-order valence-corrected chi connectivity index (χ2v) is 5.15. The highest BCUT2D eigenvalue weighted by atomic mass is 35.5. The Morgan fingerprint density at radius 1 is 1.45 bits per heavy atom. The van der Waals surface area contributed by atoms with E-state index in [1.165, 1.54) is 0 Å². The molecular weight excluding hydrogens is 276 g/mol. The molecule has 0 saturated carbocycles. The molecule has 0 radical (unpaired) electrons. The van der Waals surface area contributed by atoms with E-state index in [2.05, 4.69) is 0 Å². The van der Waals surface area contributed by atoms with Crippen LogP contribution in [0.2, 0.25) is 0 Å². The summed E-state index contributed by atoms with van der Waals surface area (Å²) in [5.74, 6) is 0.765. The average molecular weight is 299 g/mol. The monoisotopic (exact) mass is 298 g/mol. The van der Waals surface area contributed by atoms with E-state index < -0.39 is 0 Å². The summed E-state index contributed by atoms with van der Waals surface area (Å²) in [5, 5.41) is 0. The van der Waals surface area contributed by atoms with Gasteiger partial charge in [0.25, 0.3) is 5.91 Å². The van der Waals surface area contributed by atoms with Crippen LogP contribution in [-0.4, -0.2) is 36.5 Å². The van der Waals surface area contributed by atoms with Crippen molar-refractivity contribution in [3.63, 3.8) is 0 Å². The third-order valence-electron chi connectivity index (χ3n) is 3.73. The lowest BCUT2D eigenvalue weighted by atomic mass is 9.96. The Balaban J connectivity index is 0.00000200. The molecule has 4 nitrogen and oxygen atoms in total. The van der Waals surface area contributed by atoms with Crippen LogP contribution in [0.25, 0.3) is 0 Å². The van der Waals surface area contributed by atoms with E-state index in [1.54, 1.807) is 13.2 Å². The third-order valence-corrected chi connectivity index (χ3v) is 3.73. The van der Waals surface area contributed by atoms with E-state index in [9.17, 15) is 4.79 Å². The fourth-order valence-electron chi connectivity index (χ4n) is 2.68. The summed E-state index contributed by atoms with van der Waals surface area (Å²) >= 11 is 0. The number of nitrogens with zero attached hydrogens (tertiary/aromatic N) is 1. The maximum atomic E-state index is 12.6. The number of piperidine rings is 1. The van der Waals surface area contributed by atoms with Gasteiger partial charge in [0.15, 0.2) is 0 Å². The molecule has 1 saturated heterocycles. The van der Waals surface area contributed by atoms with Gasteiger partial charge < -0.3 is 15.4 Å². The molecule has 2 atom stereocenters. The number of likely N-dealkylation sites (tertiary alicyclic amines) is 1. The number of ether oxygens (including phenoxy) is 1. The van der Waals surface area contributed by atoms with E-state index in [4.69, 9.17) is 10.5 Å². The number of hydrogen-bond donors (Lipinski definition) is 1. The van der Waals surface area contributed by atoms with Gasteiger partial charge >= 0.3 is 0 Å². The number of benzene rings is 1. The number of carbonyl (C=O) groups is 1. The lowest BCUT2D eigenvalue weighted by Gasteiger charge is -2.38. The molecule has 5 heteroatoms. The highest BCUT2D eigenvalue weighted by Gasteiger charge is 2.29. The molecule has 0 aromatic heterocycles. The molecule has 2 N–H and O–H groups in total. The van der Waals surface area contributed by atoms with Gasteiger partial charge in [-0.3, -0.25) is 4.79 Å². The molecule has 1 aliphatic rings. The molecule has 0 spiro atoms. The maximum absolute atomic E-state index is 12.6. The fourth-order valence-corrected chi connectivity index (χ4v) is 2.68. The molecule has 112 valence electrons. The number of halogens is 1. The molecule has 1 aromatic rings. The predicted molar refractivity (Wildman–Crippen MR) is 82.6 cm³/mol. The van der Waals surface area contributed by atoms with Crippen molar-refractivity contribution >= 4 is 18.3 Å². The van der Waals surface area contributed by atoms with Crippen molar-refractivity contribution in [2.75, 3.05) is 13.7 Å². The summed E-state index contributed by atoms with van der Waals surface area (Å²) in [4.78, 5) is 14.5. The normalized spacial score (nSPS) is 19.9. The van der Waals surface area contributed by atoms with Gasteiger partial charge in [-0.15, -0.1) is 12.4 Å². The quantitative estimate of drug-likeness (QED) is 0.932. The SMILES string of the molecule is COc1cccc(C(=O)N2CCCCC2C(C)N)c1.Cl. The number of amides is 1. The molecule has 1 heterocycles. The van der Waals surface area contributed by atoms with Crippen molar-refractivity contribution < 1.29 is 9.53 Å². The fraction of sp³-hybridized carbons (Fsp3) is 0.533. The number of nitrogens with two attached hydrogens (primary N) is 1. The second kappa shape index (κ2) is 7.50.